The summed E-state index contributed by atoms with van der Waals surface area (Å²) in [5.41, 5.74) is 0.972. The SMILES string of the molecule is CCCN(CC(C)C(=O)O)c1ccccc1OCC. The van der Waals surface area contributed by atoms with Crippen LogP contribution in [0.4, 0.5) is 5.69 Å². The Kier molecular flexibility index (Phi) is 6.19. The number of carboxylic acid groups (broad SMARTS) is 1. The smallest absolute Gasteiger partial charge is 0.308 e. The van der Waals surface area contributed by atoms with Crippen molar-refractivity contribution in [1.82, 2.24) is 0 Å². The van der Waals surface area contributed by atoms with Crippen molar-refractivity contribution < 1.29 is 14.6 Å². The predicted octanol–water partition coefficient (Wildman–Crippen LogP) is 3.02. The van der Waals surface area contributed by atoms with E-state index in [0.29, 0.717) is 13.2 Å². The van der Waals surface area contributed by atoms with E-state index in [-0.39, 0.29) is 0 Å². The predicted molar refractivity (Wildman–Crippen MR) is 76.9 cm³/mol. The normalized spacial score (nSPS) is 11.9. The third-order valence-corrected chi connectivity index (χ3v) is 2.92. The van der Waals surface area contributed by atoms with Gasteiger partial charge in [-0.1, -0.05) is 26.0 Å². The Hall–Kier alpha value is -1.71. The van der Waals surface area contributed by atoms with Crippen LogP contribution in [0, 0.1) is 5.92 Å². The number of nitrogens with zero attached hydrogens (tertiary/aromatic N) is 1. The van der Waals surface area contributed by atoms with Gasteiger partial charge in [-0.2, -0.15) is 0 Å². The molecule has 0 saturated carbocycles. The van der Waals surface area contributed by atoms with Gasteiger partial charge in [-0.05, 0) is 25.5 Å². The van der Waals surface area contributed by atoms with E-state index in [0.717, 1.165) is 24.4 Å². The van der Waals surface area contributed by atoms with E-state index in [1.54, 1.807) is 6.92 Å². The maximum Gasteiger partial charge on any atom is 0.308 e. The molecule has 1 aromatic carbocycles. The highest BCUT2D eigenvalue weighted by Gasteiger charge is 2.18. The van der Waals surface area contributed by atoms with Gasteiger partial charge in [0.1, 0.15) is 5.75 Å². The summed E-state index contributed by atoms with van der Waals surface area (Å²) in [7, 11) is 0. The molecule has 0 heterocycles. The van der Waals surface area contributed by atoms with Crippen molar-refractivity contribution in [2.24, 2.45) is 5.92 Å². The zero-order valence-electron chi connectivity index (χ0n) is 11.9. The summed E-state index contributed by atoms with van der Waals surface area (Å²) in [5.74, 6) is -0.354. The number of benzene rings is 1. The monoisotopic (exact) mass is 265 g/mol. The highest BCUT2D eigenvalue weighted by molar-refractivity contribution is 5.71. The van der Waals surface area contributed by atoms with Crippen molar-refractivity contribution >= 4 is 11.7 Å². The van der Waals surface area contributed by atoms with Gasteiger partial charge in [0.2, 0.25) is 0 Å². The number of carbonyl (C=O) groups is 1. The Morgan fingerprint density at radius 3 is 2.63 bits per heavy atom. The van der Waals surface area contributed by atoms with Gasteiger partial charge < -0.3 is 14.7 Å². The van der Waals surface area contributed by atoms with Crippen LogP contribution in [-0.4, -0.2) is 30.8 Å². The van der Waals surface area contributed by atoms with E-state index < -0.39 is 11.9 Å². The fourth-order valence-electron chi connectivity index (χ4n) is 1.98. The van der Waals surface area contributed by atoms with E-state index in [2.05, 4.69) is 11.8 Å². The van der Waals surface area contributed by atoms with Crippen molar-refractivity contribution in [2.75, 3.05) is 24.6 Å². The molecular formula is C15H23NO3. The minimum atomic E-state index is -0.769. The third-order valence-electron chi connectivity index (χ3n) is 2.92. The molecule has 0 aromatic heterocycles. The second-order valence-corrected chi connectivity index (χ2v) is 4.59. The molecule has 0 saturated heterocycles. The first-order chi connectivity index (χ1) is 9.10. The lowest BCUT2D eigenvalue weighted by Crippen LogP contribution is -2.32. The zero-order valence-corrected chi connectivity index (χ0v) is 11.9. The Morgan fingerprint density at radius 2 is 2.05 bits per heavy atom. The number of rotatable bonds is 8. The molecular weight excluding hydrogens is 242 g/mol. The Bertz CT molecular complexity index is 406. The zero-order chi connectivity index (χ0) is 14.3. The largest absolute Gasteiger partial charge is 0.492 e. The molecule has 1 N–H and O–H groups in total. The van der Waals surface area contributed by atoms with Crippen molar-refractivity contribution in [3.63, 3.8) is 0 Å². The number of hydrogen-bond donors (Lipinski definition) is 1. The molecule has 0 fully saturated rings. The molecule has 0 bridgehead atoms. The summed E-state index contributed by atoms with van der Waals surface area (Å²) in [4.78, 5) is 13.1. The van der Waals surface area contributed by atoms with Gasteiger partial charge in [0, 0.05) is 13.1 Å². The summed E-state index contributed by atoms with van der Waals surface area (Å²) >= 11 is 0. The lowest BCUT2D eigenvalue weighted by molar-refractivity contribution is -0.140. The second-order valence-electron chi connectivity index (χ2n) is 4.59. The molecule has 106 valence electrons. The van der Waals surface area contributed by atoms with Crippen LogP contribution in [0.2, 0.25) is 0 Å². The quantitative estimate of drug-likeness (QED) is 0.785. The maximum atomic E-state index is 11.0. The van der Waals surface area contributed by atoms with Gasteiger partial charge in [0.05, 0.1) is 18.2 Å². The highest BCUT2D eigenvalue weighted by Crippen LogP contribution is 2.28. The average Bonchev–Trinajstić information content (AvgIpc) is 2.39. The van der Waals surface area contributed by atoms with Gasteiger partial charge in [-0.15, -0.1) is 0 Å². The van der Waals surface area contributed by atoms with Gasteiger partial charge in [-0.3, -0.25) is 4.79 Å². The first-order valence-electron chi connectivity index (χ1n) is 6.79. The van der Waals surface area contributed by atoms with E-state index >= 15 is 0 Å². The molecule has 19 heavy (non-hydrogen) atoms. The van der Waals surface area contributed by atoms with Crippen molar-refractivity contribution in [2.45, 2.75) is 27.2 Å². The van der Waals surface area contributed by atoms with E-state index in [1.807, 2.05) is 31.2 Å². The Morgan fingerprint density at radius 1 is 1.37 bits per heavy atom. The topological polar surface area (TPSA) is 49.8 Å². The first-order valence-corrected chi connectivity index (χ1v) is 6.79. The minimum Gasteiger partial charge on any atom is -0.492 e. The molecule has 4 nitrogen and oxygen atoms in total. The van der Waals surface area contributed by atoms with Crippen molar-refractivity contribution in [1.29, 1.82) is 0 Å². The molecule has 0 spiro atoms. The van der Waals surface area contributed by atoms with Crippen LogP contribution >= 0.6 is 0 Å². The van der Waals surface area contributed by atoms with Gasteiger partial charge in [0.15, 0.2) is 0 Å². The van der Waals surface area contributed by atoms with Crippen LogP contribution in [0.5, 0.6) is 5.75 Å². The number of anilines is 1. The van der Waals surface area contributed by atoms with Gasteiger partial charge in [-0.25, -0.2) is 0 Å². The molecule has 0 amide bonds. The van der Waals surface area contributed by atoms with E-state index in [1.165, 1.54) is 0 Å². The second kappa shape index (κ2) is 7.67. The number of para-hydroxylation sites is 2. The van der Waals surface area contributed by atoms with E-state index in [9.17, 15) is 4.79 Å². The first kappa shape index (κ1) is 15.3. The summed E-state index contributed by atoms with van der Waals surface area (Å²) < 4.78 is 5.62. The fraction of sp³-hybridized carbons (Fsp3) is 0.533. The lowest BCUT2D eigenvalue weighted by Gasteiger charge is -2.27. The summed E-state index contributed by atoms with van der Waals surface area (Å²) in [6.45, 7) is 7.68. The maximum absolute atomic E-state index is 11.0. The highest BCUT2D eigenvalue weighted by atomic mass is 16.5. The van der Waals surface area contributed by atoms with Gasteiger partial charge in [0.25, 0.3) is 0 Å². The molecule has 0 aliphatic heterocycles. The Balaban J connectivity index is 2.94. The standard InChI is InChI=1S/C15H23NO3/c1-4-10-16(11-12(3)15(17)18)13-8-6-7-9-14(13)19-5-2/h6-9,12H,4-5,10-11H2,1-3H3,(H,17,18). The van der Waals surface area contributed by atoms with Crippen LogP contribution in [0.1, 0.15) is 27.2 Å². The van der Waals surface area contributed by atoms with Crippen LogP contribution in [0.15, 0.2) is 24.3 Å². The molecule has 4 heteroatoms. The molecule has 0 aliphatic rings. The fourth-order valence-corrected chi connectivity index (χ4v) is 1.98. The number of hydrogen-bond acceptors (Lipinski definition) is 3. The minimum absolute atomic E-state index is 0.402. The van der Waals surface area contributed by atoms with Gasteiger partial charge >= 0.3 is 5.97 Å². The summed E-state index contributed by atoms with van der Waals surface area (Å²) in [5, 5.41) is 9.06. The lowest BCUT2D eigenvalue weighted by atomic mass is 10.1. The van der Waals surface area contributed by atoms with Crippen LogP contribution in [0.25, 0.3) is 0 Å². The van der Waals surface area contributed by atoms with Crippen LogP contribution < -0.4 is 9.64 Å². The summed E-state index contributed by atoms with van der Waals surface area (Å²) in [6.07, 6.45) is 0.965. The van der Waals surface area contributed by atoms with E-state index in [4.69, 9.17) is 9.84 Å². The molecule has 1 rings (SSSR count). The molecule has 1 atom stereocenters. The average molecular weight is 265 g/mol. The van der Waals surface area contributed by atoms with Crippen molar-refractivity contribution in [3.8, 4) is 5.75 Å². The Labute approximate surface area is 115 Å². The van der Waals surface area contributed by atoms with Crippen LogP contribution in [-0.2, 0) is 4.79 Å². The number of aliphatic carboxylic acids is 1. The third kappa shape index (κ3) is 4.47. The molecule has 1 aromatic rings. The number of ether oxygens (including phenoxy) is 1. The van der Waals surface area contributed by atoms with Crippen molar-refractivity contribution in [3.05, 3.63) is 24.3 Å². The summed E-state index contributed by atoms with van der Waals surface area (Å²) in [6, 6.07) is 7.79. The molecule has 0 radical (unpaired) electrons. The van der Waals surface area contributed by atoms with Crippen LogP contribution in [0.3, 0.4) is 0 Å². The molecule has 1 unspecified atom stereocenters. The number of carboxylic acids is 1. The molecule has 0 aliphatic carbocycles.